The maximum Gasteiger partial charge on any atom is 0.310 e. The molecule has 0 aliphatic rings. The molecule has 0 bridgehead atoms. The van der Waals surface area contributed by atoms with Crippen LogP contribution < -0.4 is 0 Å². The Morgan fingerprint density at radius 2 is 2.28 bits per heavy atom. The van der Waals surface area contributed by atoms with Crippen molar-refractivity contribution >= 4 is 28.9 Å². The van der Waals surface area contributed by atoms with E-state index in [9.17, 15) is 4.79 Å². The lowest BCUT2D eigenvalue weighted by atomic mass is 10.1. The van der Waals surface area contributed by atoms with Crippen LogP contribution in [-0.2, 0) is 16.0 Å². The molecule has 0 radical (unpaired) electrons. The molecule has 0 saturated carbocycles. The summed E-state index contributed by atoms with van der Waals surface area (Å²) >= 11 is 7.78. The van der Waals surface area contributed by atoms with Crippen LogP contribution >= 0.6 is 22.9 Å². The Morgan fingerprint density at radius 3 is 2.83 bits per heavy atom. The lowest BCUT2D eigenvalue weighted by Crippen LogP contribution is -2.04. The van der Waals surface area contributed by atoms with Crippen LogP contribution in [-0.4, -0.2) is 18.1 Å². The van der Waals surface area contributed by atoms with Gasteiger partial charge in [0, 0.05) is 11.2 Å². The number of benzene rings is 1. The Morgan fingerprint density at radius 1 is 1.50 bits per heavy atom. The van der Waals surface area contributed by atoms with E-state index in [1.54, 1.807) is 11.3 Å². The average molecular weight is 282 g/mol. The highest BCUT2D eigenvalue weighted by molar-refractivity contribution is 7.15. The van der Waals surface area contributed by atoms with Gasteiger partial charge < -0.3 is 4.74 Å². The normalized spacial score (nSPS) is 10.4. The number of ether oxygens (including phenoxy) is 1. The Bertz CT molecular complexity index is 580. The van der Waals surface area contributed by atoms with Crippen LogP contribution in [0.2, 0.25) is 5.02 Å². The van der Waals surface area contributed by atoms with Crippen LogP contribution in [0.3, 0.4) is 0 Å². The third-order valence-corrected chi connectivity index (χ3v) is 3.84. The lowest BCUT2D eigenvalue weighted by molar-refractivity contribution is -0.139. The van der Waals surface area contributed by atoms with Crippen LogP contribution in [0.1, 0.15) is 10.6 Å². The van der Waals surface area contributed by atoms with E-state index in [1.807, 2.05) is 31.3 Å². The van der Waals surface area contributed by atoms with Gasteiger partial charge in [-0.1, -0.05) is 23.7 Å². The van der Waals surface area contributed by atoms with E-state index in [-0.39, 0.29) is 12.4 Å². The predicted octanol–water partition coefficient (Wildman–Crippen LogP) is 3.49. The van der Waals surface area contributed by atoms with E-state index in [1.165, 1.54) is 7.11 Å². The van der Waals surface area contributed by atoms with E-state index in [0.717, 1.165) is 21.0 Å². The zero-order valence-electron chi connectivity index (χ0n) is 10.1. The predicted molar refractivity (Wildman–Crippen MR) is 73.0 cm³/mol. The number of thiazole rings is 1. The van der Waals surface area contributed by atoms with Gasteiger partial charge in [0.1, 0.15) is 0 Å². The highest BCUT2D eigenvalue weighted by atomic mass is 35.5. The Kier molecular flexibility index (Phi) is 3.99. The van der Waals surface area contributed by atoms with Crippen LogP contribution in [0.4, 0.5) is 0 Å². The van der Waals surface area contributed by atoms with Crippen molar-refractivity contribution in [3.8, 4) is 10.4 Å². The third-order valence-electron chi connectivity index (χ3n) is 2.52. The van der Waals surface area contributed by atoms with Crippen molar-refractivity contribution in [3.05, 3.63) is 40.0 Å². The number of aryl methyl sites for hydroxylation is 1. The highest BCUT2D eigenvalue weighted by Gasteiger charge is 2.09. The topological polar surface area (TPSA) is 39.2 Å². The van der Waals surface area contributed by atoms with Gasteiger partial charge >= 0.3 is 5.97 Å². The zero-order valence-corrected chi connectivity index (χ0v) is 11.6. The number of carbonyl (C=O) groups is 1. The summed E-state index contributed by atoms with van der Waals surface area (Å²) in [5.74, 6) is -0.293. The number of rotatable bonds is 3. The molecule has 5 heteroatoms. The summed E-state index contributed by atoms with van der Waals surface area (Å²) in [6, 6.07) is 5.65. The Labute approximate surface area is 114 Å². The van der Waals surface area contributed by atoms with E-state index in [0.29, 0.717) is 5.02 Å². The quantitative estimate of drug-likeness (QED) is 0.809. The number of hydrogen-bond acceptors (Lipinski definition) is 4. The summed E-state index contributed by atoms with van der Waals surface area (Å²) in [5.41, 5.74) is 1.78. The van der Waals surface area contributed by atoms with Gasteiger partial charge in [-0.15, -0.1) is 11.3 Å². The number of nitrogens with zero attached hydrogens (tertiary/aromatic N) is 1. The highest BCUT2D eigenvalue weighted by Crippen LogP contribution is 2.29. The number of aromatic nitrogens is 1. The van der Waals surface area contributed by atoms with Gasteiger partial charge in [0.15, 0.2) is 0 Å². The molecule has 0 N–H and O–H groups in total. The number of carbonyl (C=O) groups excluding carboxylic acids is 1. The molecule has 1 heterocycles. The minimum absolute atomic E-state index is 0.192. The molecule has 0 fully saturated rings. The monoisotopic (exact) mass is 281 g/mol. The molecule has 3 nitrogen and oxygen atoms in total. The SMILES string of the molecule is COC(=O)Cc1ccc(-c2cnc(C)s2)cc1Cl. The molecule has 0 atom stereocenters. The zero-order chi connectivity index (χ0) is 13.1. The van der Waals surface area contributed by atoms with Gasteiger partial charge in [-0.25, -0.2) is 4.98 Å². The summed E-state index contributed by atoms with van der Waals surface area (Å²) in [4.78, 5) is 16.5. The fourth-order valence-electron chi connectivity index (χ4n) is 1.57. The molecule has 0 saturated heterocycles. The van der Waals surface area contributed by atoms with Crippen LogP contribution in [0.5, 0.6) is 0 Å². The first-order chi connectivity index (χ1) is 8.60. The summed E-state index contributed by atoms with van der Waals surface area (Å²) in [5, 5.41) is 1.59. The minimum atomic E-state index is -0.293. The first-order valence-corrected chi connectivity index (χ1v) is 6.57. The van der Waals surface area contributed by atoms with Gasteiger partial charge in [-0.2, -0.15) is 0 Å². The molecule has 2 rings (SSSR count). The molecule has 1 aromatic carbocycles. The van der Waals surface area contributed by atoms with Crippen molar-refractivity contribution in [2.75, 3.05) is 7.11 Å². The van der Waals surface area contributed by atoms with Crippen LogP contribution in [0.25, 0.3) is 10.4 Å². The second kappa shape index (κ2) is 5.50. The summed E-state index contributed by atoms with van der Waals surface area (Å²) in [7, 11) is 1.37. The molecule has 18 heavy (non-hydrogen) atoms. The van der Waals surface area contributed by atoms with Gasteiger partial charge in [-0.05, 0) is 24.1 Å². The van der Waals surface area contributed by atoms with Crippen molar-refractivity contribution in [2.24, 2.45) is 0 Å². The number of halogens is 1. The van der Waals surface area contributed by atoms with Crippen molar-refractivity contribution in [2.45, 2.75) is 13.3 Å². The van der Waals surface area contributed by atoms with Gasteiger partial charge in [0.05, 0.1) is 23.4 Å². The fourth-order valence-corrected chi connectivity index (χ4v) is 2.59. The summed E-state index contributed by atoms with van der Waals surface area (Å²) < 4.78 is 4.62. The molecule has 0 unspecified atom stereocenters. The number of methoxy groups -OCH3 is 1. The van der Waals surface area contributed by atoms with Crippen LogP contribution in [0, 0.1) is 6.92 Å². The van der Waals surface area contributed by atoms with Crippen molar-refractivity contribution < 1.29 is 9.53 Å². The molecule has 0 amide bonds. The maximum atomic E-state index is 11.2. The van der Waals surface area contributed by atoms with Gasteiger partial charge in [0.25, 0.3) is 0 Å². The minimum Gasteiger partial charge on any atom is -0.469 e. The fraction of sp³-hybridized carbons (Fsp3) is 0.231. The molecule has 94 valence electrons. The lowest BCUT2D eigenvalue weighted by Gasteiger charge is -2.05. The van der Waals surface area contributed by atoms with E-state index < -0.39 is 0 Å². The molecule has 1 aromatic heterocycles. The van der Waals surface area contributed by atoms with E-state index in [2.05, 4.69) is 9.72 Å². The van der Waals surface area contributed by atoms with Gasteiger partial charge in [-0.3, -0.25) is 4.79 Å². The van der Waals surface area contributed by atoms with Crippen molar-refractivity contribution in [1.82, 2.24) is 4.98 Å². The van der Waals surface area contributed by atoms with Crippen molar-refractivity contribution in [1.29, 1.82) is 0 Å². The second-order valence-electron chi connectivity index (χ2n) is 3.80. The number of hydrogen-bond donors (Lipinski definition) is 0. The summed E-state index contributed by atoms with van der Waals surface area (Å²) in [6.07, 6.45) is 2.02. The third kappa shape index (κ3) is 2.89. The standard InChI is InChI=1S/C13H12ClNO2S/c1-8-15-7-12(18-8)10-4-3-9(11(14)5-10)6-13(16)17-2/h3-5,7H,6H2,1-2H3. The van der Waals surface area contributed by atoms with Crippen LogP contribution in [0.15, 0.2) is 24.4 Å². The average Bonchev–Trinajstić information content (AvgIpc) is 2.78. The molecular formula is C13H12ClNO2S. The molecule has 2 aromatic rings. The first kappa shape index (κ1) is 13.1. The largest absolute Gasteiger partial charge is 0.469 e. The van der Waals surface area contributed by atoms with E-state index >= 15 is 0 Å². The second-order valence-corrected chi connectivity index (χ2v) is 5.44. The van der Waals surface area contributed by atoms with Gasteiger partial charge in [0.2, 0.25) is 0 Å². The van der Waals surface area contributed by atoms with Crippen molar-refractivity contribution in [3.63, 3.8) is 0 Å². The molecular weight excluding hydrogens is 270 g/mol. The smallest absolute Gasteiger partial charge is 0.310 e. The molecule has 0 spiro atoms. The Hall–Kier alpha value is -1.39. The summed E-state index contributed by atoms with van der Waals surface area (Å²) in [6.45, 7) is 1.96. The maximum absolute atomic E-state index is 11.2. The van der Waals surface area contributed by atoms with E-state index in [4.69, 9.17) is 11.6 Å². The molecule has 0 aliphatic carbocycles. The first-order valence-electron chi connectivity index (χ1n) is 5.38. The Balaban J connectivity index is 2.27. The molecule has 0 aliphatic heterocycles. The number of esters is 1.